The second-order valence-electron chi connectivity index (χ2n) is 5.74. The number of furan rings is 1. The summed E-state index contributed by atoms with van der Waals surface area (Å²) >= 11 is 0. The predicted octanol–water partition coefficient (Wildman–Crippen LogP) is 3.78. The standard InChI is InChI=1S/C18H20N2O2.ClH/c1-11(19)9-10-20-18(21)16-12(2)14-8-7-13-5-3-4-6-15(13)17(14)22-16;/h3-8,11H,9-10,19H2,1-2H3,(H,20,21);1H. The number of amides is 1. The van der Waals surface area contributed by atoms with Crippen LogP contribution in [0.15, 0.2) is 40.8 Å². The molecule has 3 rings (SSSR count). The first-order chi connectivity index (χ1) is 10.6. The largest absolute Gasteiger partial charge is 0.450 e. The summed E-state index contributed by atoms with van der Waals surface area (Å²) in [7, 11) is 0. The third kappa shape index (κ3) is 3.33. The molecule has 4 nitrogen and oxygen atoms in total. The lowest BCUT2D eigenvalue weighted by Gasteiger charge is -2.06. The number of aryl methyl sites for hydroxylation is 1. The summed E-state index contributed by atoms with van der Waals surface area (Å²) in [5.41, 5.74) is 7.34. The molecule has 0 bridgehead atoms. The Morgan fingerprint density at radius 2 is 1.96 bits per heavy atom. The Morgan fingerprint density at radius 3 is 2.70 bits per heavy atom. The van der Waals surface area contributed by atoms with Crippen molar-refractivity contribution in [2.45, 2.75) is 26.3 Å². The molecule has 0 saturated heterocycles. The average molecular weight is 333 g/mol. The number of halogens is 1. The minimum absolute atomic E-state index is 0. The molecule has 0 spiro atoms. The minimum Gasteiger partial charge on any atom is -0.450 e. The molecule has 0 saturated carbocycles. The van der Waals surface area contributed by atoms with Crippen LogP contribution in [0.25, 0.3) is 21.7 Å². The predicted molar refractivity (Wildman–Crippen MR) is 96.3 cm³/mol. The number of carbonyl (C=O) groups excluding carboxylic acids is 1. The molecule has 1 aromatic heterocycles. The van der Waals surface area contributed by atoms with E-state index in [1.165, 1.54) is 0 Å². The lowest BCUT2D eigenvalue weighted by atomic mass is 10.1. The van der Waals surface area contributed by atoms with E-state index >= 15 is 0 Å². The molecule has 0 fully saturated rings. The number of rotatable bonds is 4. The summed E-state index contributed by atoms with van der Waals surface area (Å²) in [5, 5.41) is 5.98. The molecule has 3 N–H and O–H groups in total. The van der Waals surface area contributed by atoms with Gasteiger partial charge < -0.3 is 15.5 Å². The van der Waals surface area contributed by atoms with E-state index in [0.717, 1.165) is 33.7 Å². The van der Waals surface area contributed by atoms with Gasteiger partial charge in [0.1, 0.15) is 5.58 Å². The molecule has 0 radical (unpaired) electrons. The maximum Gasteiger partial charge on any atom is 0.287 e. The normalized spacial score (nSPS) is 12.1. The molecule has 0 aliphatic carbocycles. The molecule has 23 heavy (non-hydrogen) atoms. The third-order valence-electron chi connectivity index (χ3n) is 3.92. The zero-order chi connectivity index (χ0) is 15.7. The van der Waals surface area contributed by atoms with Crippen molar-refractivity contribution in [1.82, 2.24) is 5.32 Å². The Hall–Kier alpha value is -2.04. The number of nitrogens with two attached hydrogens (primary N) is 1. The fraction of sp³-hybridized carbons (Fsp3) is 0.278. The second-order valence-corrected chi connectivity index (χ2v) is 5.74. The van der Waals surface area contributed by atoms with Gasteiger partial charge in [0.2, 0.25) is 0 Å². The first-order valence-electron chi connectivity index (χ1n) is 7.52. The van der Waals surface area contributed by atoms with Crippen LogP contribution in [0.3, 0.4) is 0 Å². The van der Waals surface area contributed by atoms with Gasteiger partial charge >= 0.3 is 0 Å². The molecule has 1 unspecified atom stereocenters. The van der Waals surface area contributed by atoms with Gasteiger partial charge in [-0.15, -0.1) is 12.4 Å². The van der Waals surface area contributed by atoms with Gasteiger partial charge in [-0.1, -0.05) is 36.4 Å². The zero-order valence-corrected chi connectivity index (χ0v) is 14.1. The van der Waals surface area contributed by atoms with E-state index in [0.29, 0.717) is 12.3 Å². The van der Waals surface area contributed by atoms with E-state index in [2.05, 4.69) is 11.4 Å². The molecule has 0 aliphatic heterocycles. The minimum atomic E-state index is -0.182. The van der Waals surface area contributed by atoms with Crippen LogP contribution in [0.2, 0.25) is 0 Å². The molecular weight excluding hydrogens is 312 g/mol. The molecule has 3 aromatic rings. The maximum atomic E-state index is 12.3. The van der Waals surface area contributed by atoms with Gasteiger partial charge in [-0.3, -0.25) is 4.79 Å². The summed E-state index contributed by atoms with van der Waals surface area (Å²) in [6, 6.07) is 12.1. The second kappa shape index (κ2) is 7.02. The maximum absolute atomic E-state index is 12.3. The fourth-order valence-electron chi connectivity index (χ4n) is 2.66. The van der Waals surface area contributed by atoms with E-state index in [1.54, 1.807) is 0 Å². The van der Waals surface area contributed by atoms with Crippen molar-refractivity contribution in [3.63, 3.8) is 0 Å². The van der Waals surface area contributed by atoms with Crippen LogP contribution in [-0.2, 0) is 0 Å². The van der Waals surface area contributed by atoms with Crippen molar-refractivity contribution in [3.05, 3.63) is 47.7 Å². The Labute approximate surface area is 141 Å². The summed E-state index contributed by atoms with van der Waals surface area (Å²) in [5.74, 6) is 0.203. The van der Waals surface area contributed by atoms with Gasteiger partial charge in [-0.2, -0.15) is 0 Å². The van der Waals surface area contributed by atoms with Gasteiger partial charge in [-0.25, -0.2) is 0 Å². The zero-order valence-electron chi connectivity index (χ0n) is 13.3. The Balaban J connectivity index is 0.00000192. The Bertz CT molecular complexity index is 840. The SMILES string of the molecule is Cc1c(C(=O)NCCC(C)N)oc2c1ccc1ccccc12.Cl. The molecule has 5 heteroatoms. The van der Waals surface area contributed by atoms with Crippen molar-refractivity contribution in [3.8, 4) is 0 Å². The van der Waals surface area contributed by atoms with Crippen molar-refractivity contribution in [1.29, 1.82) is 0 Å². The van der Waals surface area contributed by atoms with Gasteiger partial charge in [-0.05, 0) is 25.7 Å². The van der Waals surface area contributed by atoms with Crippen LogP contribution < -0.4 is 11.1 Å². The molecule has 0 aliphatic rings. The first kappa shape index (κ1) is 17.3. The lowest BCUT2D eigenvalue weighted by molar-refractivity contribution is 0.0926. The Kier molecular flexibility index (Phi) is 5.29. The highest BCUT2D eigenvalue weighted by molar-refractivity contribution is 6.08. The Morgan fingerprint density at radius 1 is 1.22 bits per heavy atom. The van der Waals surface area contributed by atoms with Crippen LogP contribution >= 0.6 is 12.4 Å². The summed E-state index contributed by atoms with van der Waals surface area (Å²) < 4.78 is 5.89. The lowest BCUT2D eigenvalue weighted by Crippen LogP contribution is -2.29. The van der Waals surface area contributed by atoms with E-state index in [9.17, 15) is 4.79 Å². The molecular formula is C18H21ClN2O2. The number of fused-ring (bicyclic) bond motifs is 3. The number of benzene rings is 2. The van der Waals surface area contributed by atoms with Crippen molar-refractivity contribution in [2.75, 3.05) is 6.54 Å². The highest BCUT2D eigenvalue weighted by Gasteiger charge is 2.18. The third-order valence-corrected chi connectivity index (χ3v) is 3.92. The first-order valence-corrected chi connectivity index (χ1v) is 7.52. The van der Waals surface area contributed by atoms with E-state index < -0.39 is 0 Å². The van der Waals surface area contributed by atoms with Crippen molar-refractivity contribution < 1.29 is 9.21 Å². The van der Waals surface area contributed by atoms with Gasteiger partial charge in [0.25, 0.3) is 5.91 Å². The monoisotopic (exact) mass is 332 g/mol. The van der Waals surface area contributed by atoms with E-state index in [1.807, 2.05) is 44.2 Å². The number of carbonyl (C=O) groups is 1. The van der Waals surface area contributed by atoms with E-state index in [-0.39, 0.29) is 24.4 Å². The molecule has 1 amide bonds. The fourth-order valence-corrected chi connectivity index (χ4v) is 2.66. The van der Waals surface area contributed by atoms with Crippen molar-refractivity contribution >= 4 is 40.1 Å². The van der Waals surface area contributed by atoms with Crippen LogP contribution in [0, 0.1) is 6.92 Å². The topological polar surface area (TPSA) is 68.3 Å². The number of hydrogen-bond donors (Lipinski definition) is 2. The molecule has 2 aromatic carbocycles. The van der Waals surface area contributed by atoms with Crippen LogP contribution in [-0.4, -0.2) is 18.5 Å². The van der Waals surface area contributed by atoms with Crippen LogP contribution in [0.5, 0.6) is 0 Å². The number of nitrogens with one attached hydrogen (secondary N) is 1. The summed E-state index contributed by atoms with van der Waals surface area (Å²) in [4.78, 5) is 12.3. The summed E-state index contributed by atoms with van der Waals surface area (Å²) in [6.45, 7) is 4.39. The summed E-state index contributed by atoms with van der Waals surface area (Å²) in [6.07, 6.45) is 0.744. The smallest absolute Gasteiger partial charge is 0.287 e. The van der Waals surface area contributed by atoms with Gasteiger partial charge in [0, 0.05) is 28.9 Å². The highest BCUT2D eigenvalue weighted by atomic mass is 35.5. The highest BCUT2D eigenvalue weighted by Crippen LogP contribution is 2.31. The van der Waals surface area contributed by atoms with E-state index in [4.69, 9.17) is 10.2 Å². The average Bonchev–Trinajstić information content (AvgIpc) is 2.84. The molecule has 1 heterocycles. The number of hydrogen-bond acceptors (Lipinski definition) is 3. The van der Waals surface area contributed by atoms with Crippen LogP contribution in [0.1, 0.15) is 29.5 Å². The van der Waals surface area contributed by atoms with Crippen LogP contribution in [0.4, 0.5) is 0 Å². The molecule has 122 valence electrons. The van der Waals surface area contributed by atoms with Gasteiger partial charge in [0.15, 0.2) is 5.76 Å². The molecule has 1 atom stereocenters. The quantitative estimate of drug-likeness (QED) is 0.764. The van der Waals surface area contributed by atoms with Crippen molar-refractivity contribution in [2.24, 2.45) is 5.73 Å². The van der Waals surface area contributed by atoms with Gasteiger partial charge in [0.05, 0.1) is 0 Å².